The lowest BCUT2D eigenvalue weighted by atomic mass is 10.1. The van der Waals surface area contributed by atoms with Crippen molar-refractivity contribution in [1.29, 1.82) is 0 Å². The van der Waals surface area contributed by atoms with Gasteiger partial charge in [0.2, 0.25) is 0 Å². The van der Waals surface area contributed by atoms with Gasteiger partial charge in [-0.15, -0.1) is 0 Å². The molecule has 0 amide bonds. The molecule has 86 valence electrons. The fourth-order valence-electron chi connectivity index (χ4n) is 0.963. The van der Waals surface area contributed by atoms with E-state index in [1.807, 2.05) is 0 Å². The third kappa shape index (κ3) is 11.7. The van der Waals surface area contributed by atoms with Gasteiger partial charge in [-0.2, -0.15) is 21.6 Å². The van der Waals surface area contributed by atoms with Crippen molar-refractivity contribution in [1.82, 2.24) is 0 Å². The molecule has 0 aliphatic carbocycles. The minimum Gasteiger partial charge on any atom is -0.286 e. The third-order valence-corrected chi connectivity index (χ3v) is 2.42. The average Bonchev–Trinajstić information content (AvgIpc) is 1.92. The van der Waals surface area contributed by atoms with E-state index >= 15 is 0 Å². The van der Waals surface area contributed by atoms with Gasteiger partial charge in [-0.1, -0.05) is 12.8 Å². The lowest BCUT2D eigenvalue weighted by molar-refractivity contribution is -0.135. The van der Waals surface area contributed by atoms with Crippen LogP contribution in [0.25, 0.3) is 0 Å². The largest absolute Gasteiger partial charge is 0.389 e. The van der Waals surface area contributed by atoms with Crippen LogP contribution in [0.4, 0.5) is 13.2 Å². The third-order valence-electron chi connectivity index (χ3n) is 1.61. The SMILES string of the molecule is O=S(=O)(O)CCCCCCC(F)(F)F. The van der Waals surface area contributed by atoms with Gasteiger partial charge in [-0.25, -0.2) is 0 Å². The zero-order valence-corrected chi connectivity index (χ0v) is 8.36. The van der Waals surface area contributed by atoms with E-state index in [-0.39, 0.29) is 18.6 Å². The first-order valence-electron chi connectivity index (χ1n) is 4.23. The van der Waals surface area contributed by atoms with Crippen molar-refractivity contribution < 1.29 is 26.1 Å². The molecule has 0 atom stereocenters. The molecule has 7 heteroatoms. The summed E-state index contributed by atoms with van der Waals surface area (Å²) in [5, 5.41) is 0. The molecule has 0 saturated carbocycles. The van der Waals surface area contributed by atoms with Crippen LogP contribution in [0.2, 0.25) is 0 Å². The molecule has 0 aromatic rings. The second-order valence-electron chi connectivity index (χ2n) is 3.07. The Bertz CT molecular complexity index is 245. The van der Waals surface area contributed by atoms with Crippen LogP contribution >= 0.6 is 0 Å². The molecule has 0 aromatic carbocycles. The number of hydrogen-bond donors (Lipinski definition) is 1. The number of rotatable bonds is 6. The zero-order chi connectivity index (χ0) is 11.2. The Labute approximate surface area is 81.1 Å². The molecular weight excluding hydrogens is 221 g/mol. The van der Waals surface area contributed by atoms with E-state index in [0.717, 1.165) is 0 Å². The Kier molecular flexibility index (Phi) is 5.43. The molecule has 0 aromatic heterocycles. The lowest BCUT2D eigenvalue weighted by Gasteiger charge is -2.04. The molecule has 3 nitrogen and oxygen atoms in total. The van der Waals surface area contributed by atoms with Crippen LogP contribution in [0, 0.1) is 0 Å². The van der Waals surface area contributed by atoms with Gasteiger partial charge < -0.3 is 0 Å². The topological polar surface area (TPSA) is 54.4 Å². The van der Waals surface area contributed by atoms with E-state index in [1.165, 1.54) is 0 Å². The van der Waals surface area contributed by atoms with Crippen LogP contribution in [0.3, 0.4) is 0 Å². The molecule has 0 bridgehead atoms. The van der Waals surface area contributed by atoms with Crippen molar-refractivity contribution >= 4 is 10.1 Å². The summed E-state index contributed by atoms with van der Waals surface area (Å²) in [5.41, 5.74) is 0. The molecule has 14 heavy (non-hydrogen) atoms. The zero-order valence-electron chi connectivity index (χ0n) is 7.55. The smallest absolute Gasteiger partial charge is 0.286 e. The van der Waals surface area contributed by atoms with Crippen molar-refractivity contribution in [3.8, 4) is 0 Å². The summed E-state index contributed by atoms with van der Waals surface area (Å²) >= 11 is 0. The van der Waals surface area contributed by atoms with Crippen molar-refractivity contribution in [2.45, 2.75) is 38.3 Å². The number of hydrogen-bond acceptors (Lipinski definition) is 2. The quantitative estimate of drug-likeness (QED) is 0.567. The van der Waals surface area contributed by atoms with Gasteiger partial charge >= 0.3 is 6.18 Å². The summed E-state index contributed by atoms with van der Waals surface area (Å²) in [7, 11) is -3.96. The first-order chi connectivity index (χ1) is 6.21. The molecule has 1 N–H and O–H groups in total. The van der Waals surface area contributed by atoms with Crippen LogP contribution in [-0.4, -0.2) is 24.9 Å². The van der Waals surface area contributed by atoms with E-state index < -0.39 is 22.7 Å². The predicted molar refractivity (Wildman–Crippen MR) is 45.6 cm³/mol. The van der Waals surface area contributed by atoms with E-state index in [9.17, 15) is 21.6 Å². The maximum atomic E-state index is 11.6. The average molecular weight is 234 g/mol. The Morgan fingerprint density at radius 3 is 1.93 bits per heavy atom. The van der Waals surface area contributed by atoms with Crippen LogP contribution in [0.15, 0.2) is 0 Å². The highest BCUT2D eigenvalue weighted by Gasteiger charge is 2.25. The summed E-state index contributed by atoms with van der Waals surface area (Å²) < 4.78 is 63.5. The summed E-state index contributed by atoms with van der Waals surface area (Å²) in [5.74, 6) is -0.376. The van der Waals surface area contributed by atoms with E-state index in [2.05, 4.69) is 0 Å². The molecule has 0 radical (unpaired) electrons. The molecule has 0 spiro atoms. The van der Waals surface area contributed by atoms with E-state index in [0.29, 0.717) is 12.8 Å². The molecule has 0 rings (SSSR count). The summed E-state index contributed by atoms with van der Waals surface area (Å²) in [6, 6.07) is 0. The second-order valence-corrected chi connectivity index (χ2v) is 4.64. The highest BCUT2D eigenvalue weighted by atomic mass is 32.2. The van der Waals surface area contributed by atoms with Crippen molar-refractivity contribution in [3.63, 3.8) is 0 Å². The molecular formula is C7H13F3O3S. The van der Waals surface area contributed by atoms with Crippen molar-refractivity contribution in [2.24, 2.45) is 0 Å². The van der Waals surface area contributed by atoms with Crippen LogP contribution in [0.1, 0.15) is 32.1 Å². The Balaban J connectivity index is 3.32. The lowest BCUT2D eigenvalue weighted by Crippen LogP contribution is -2.07. The molecule has 0 fully saturated rings. The normalized spacial score (nSPS) is 13.1. The Morgan fingerprint density at radius 1 is 1.00 bits per heavy atom. The molecule has 0 aliphatic heterocycles. The molecule has 0 aliphatic rings. The number of alkyl halides is 3. The Morgan fingerprint density at radius 2 is 1.50 bits per heavy atom. The fourth-order valence-corrected chi connectivity index (χ4v) is 1.53. The van der Waals surface area contributed by atoms with Gasteiger partial charge in [-0.3, -0.25) is 4.55 Å². The summed E-state index contributed by atoms with van der Waals surface area (Å²) in [6.07, 6.45) is -4.04. The molecule has 0 saturated heterocycles. The maximum absolute atomic E-state index is 11.6. The summed E-state index contributed by atoms with van der Waals surface area (Å²) in [4.78, 5) is 0. The van der Waals surface area contributed by atoms with Crippen LogP contribution < -0.4 is 0 Å². The van der Waals surface area contributed by atoms with Gasteiger partial charge in [-0.05, 0) is 12.8 Å². The second kappa shape index (κ2) is 5.55. The molecule has 0 unspecified atom stereocenters. The van der Waals surface area contributed by atoms with Crippen molar-refractivity contribution in [2.75, 3.05) is 5.75 Å². The first-order valence-corrected chi connectivity index (χ1v) is 5.83. The van der Waals surface area contributed by atoms with E-state index in [4.69, 9.17) is 4.55 Å². The number of unbranched alkanes of at least 4 members (excludes halogenated alkanes) is 3. The Hall–Kier alpha value is -0.300. The minimum atomic E-state index is -4.14. The molecule has 0 heterocycles. The van der Waals surface area contributed by atoms with Crippen LogP contribution in [0.5, 0.6) is 0 Å². The van der Waals surface area contributed by atoms with Crippen LogP contribution in [-0.2, 0) is 10.1 Å². The van der Waals surface area contributed by atoms with Gasteiger partial charge in [0.05, 0.1) is 5.75 Å². The fraction of sp³-hybridized carbons (Fsp3) is 1.00. The van der Waals surface area contributed by atoms with Gasteiger partial charge in [0.1, 0.15) is 0 Å². The highest BCUT2D eigenvalue weighted by molar-refractivity contribution is 7.85. The van der Waals surface area contributed by atoms with Gasteiger partial charge in [0.25, 0.3) is 10.1 Å². The highest BCUT2D eigenvalue weighted by Crippen LogP contribution is 2.22. The summed E-state index contributed by atoms with van der Waals surface area (Å²) in [6.45, 7) is 0. The van der Waals surface area contributed by atoms with E-state index in [1.54, 1.807) is 0 Å². The monoisotopic (exact) mass is 234 g/mol. The maximum Gasteiger partial charge on any atom is 0.389 e. The predicted octanol–water partition coefficient (Wildman–Crippen LogP) is 2.39. The standard InChI is InChI=1S/C7H13F3O3S/c8-7(9,10)5-3-1-2-4-6-14(11,12)13/h1-6H2,(H,11,12,13). The van der Waals surface area contributed by atoms with Gasteiger partial charge in [0, 0.05) is 6.42 Å². The minimum absolute atomic E-state index is 0.00890. The van der Waals surface area contributed by atoms with Crippen molar-refractivity contribution in [3.05, 3.63) is 0 Å². The number of halogens is 3. The first kappa shape index (κ1) is 13.7. The van der Waals surface area contributed by atoms with Gasteiger partial charge in [0.15, 0.2) is 0 Å².